The third kappa shape index (κ3) is 2.64. The van der Waals surface area contributed by atoms with Crippen molar-refractivity contribution >= 4 is 0 Å². The first-order chi connectivity index (χ1) is 9.16. The van der Waals surface area contributed by atoms with Gasteiger partial charge in [0.1, 0.15) is 11.4 Å². The summed E-state index contributed by atoms with van der Waals surface area (Å²) in [4.78, 5) is 0. The summed E-state index contributed by atoms with van der Waals surface area (Å²) >= 11 is 0. The van der Waals surface area contributed by atoms with Gasteiger partial charge < -0.3 is 9.84 Å². The molecule has 0 heterocycles. The molecule has 3 rings (SSSR count). The van der Waals surface area contributed by atoms with Crippen molar-refractivity contribution in [2.24, 2.45) is 0 Å². The molecule has 0 bridgehead atoms. The van der Waals surface area contributed by atoms with E-state index in [9.17, 15) is 5.11 Å². The summed E-state index contributed by atoms with van der Waals surface area (Å²) in [6.07, 6.45) is 2.65. The second kappa shape index (κ2) is 4.71. The van der Waals surface area contributed by atoms with Crippen LogP contribution in [0.5, 0.6) is 5.75 Å². The van der Waals surface area contributed by atoms with E-state index in [2.05, 4.69) is 0 Å². The fraction of sp³-hybridized carbons (Fsp3) is 0.294. The van der Waals surface area contributed by atoms with E-state index >= 15 is 0 Å². The van der Waals surface area contributed by atoms with Crippen molar-refractivity contribution in [3.63, 3.8) is 0 Å². The van der Waals surface area contributed by atoms with Gasteiger partial charge in [0.25, 0.3) is 0 Å². The van der Waals surface area contributed by atoms with Gasteiger partial charge in [-0.15, -0.1) is 0 Å². The summed E-state index contributed by atoms with van der Waals surface area (Å²) in [6, 6.07) is 17.5. The predicted molar refractivity (Wildman–Crippen MR) is 75.2 cm³/mol. The summed E-state index contributed by atoms with van der Waals surface area (Å²) in [5.41, 5.74) is 0.750. The van der Waals surface area contributed by atoms with Gasteiger partial charge in [0.05, 0.1) is 6.10 Å². The largest absolute Gasteiger partial charge is 0.490 e. The maximum Gasteiger partial charge on any atom is 0.120 e. The predicted octanol–water partition coefficient (Wildman–Crippen LogP) is 3.48. The lowest BCUT2D eigenvalue weighted by molar-refractivity contribution is 0.102. The minimum Gasteiger partial charge on any atom is -0.490 e. The number of rotatable bonds is 4. The molecular formula is C17H18O2. The number of benzene rings is 2. The zero-order valence-electron chi connectivity index (χ0n) is 11.0. The molecule has 0 aromatic heterocycles. The van der Waals surface area contributed by atoms with Crippen LogP contribution in [0, 0.1) is 0 Å². The Labute approximate surface area is 113 Å². The first kappa shape index (κ1) is 12.2. The van der Waals surface area contributed by atoms with E-state index in [1.807, 2.05) is 61.5 Å². The Hall–Kier alpha value is -1.80. The van der Waals surface area contributed by atoms with Gasteiger partial charge in [-0.3, -0.25) is 0 Å². The fourth-order valence-corrected chi connectivity index (χ4v) is 2.18. The van der Waals surface area contributed by atoms with Crippen molar-refractivity contribution in [3.8, 4) is 5.75 Å². The molecule has 2 heteroatoms. The second-order valence-corrected chi connectivity index (χ2v) is 5.28. The van der Waals surface area contributed by atoms with Crippen LogP contribution in [0.2, 0.25) is 0 Å². The summed E-state index contributed by atoms with van der Waals surface area (Å²) in [5, 5.41) is 10.8. The standard InChI is InChI=1S/C17H18O2/c1-17(18,13-6-3-2-4-7-13)14-8-5-9-16(12-14)19-15-10-11-15/h2-9,12,15,18H,10-11H2,1H3. The number of aliphatic hydroxyl groups is 1. The van der Waals surface area contributed by atoms with Gasteiger partial charge in [-0.2, -0.15) is 0 Å². The SMILES string of the molecule is CC(O)(c1ccccc1)c1cccc(OC2CC2)c1. The van der Waals surface area contributed by atoms with E-state index in [0.717, 1.165) is 29.7 Å². The van der Waals surface area contributed by atoms with E-state index in [-0.39, 0.29) is 0 Å². The average Bonchev–Trinajstić information content (AvgIpc) is 3.24. The molecule has 0 aliphatic heterocycles. The zero-order valence-corrected chi connectivity index (χ0v) is 11.0. The Kier molecular flexibility index (Phi) is 3.03. The minimum absolute atomic E-state index is 0.372. The Bertz CT molecular complexity index is 556. The number of ether oxygens (including phenoxy) is 1. The fourth-order valence-electron chi connectivity index (χ4n) is 2.18. The molecule has 1 unspecified atom stereocenters. The molecule has 2 nitrogen and oxygen atoms in total. The van der Waals surface area contributed by atoms with Crippen LogP contribution in [0.3, 0.4) is 0 Å². The molecule has 0 radical (unpaired) electrons. The molecule has 19 heavy (non-hydrogen) atoms. The van der Waals surface area contributed by atoms with Gasteiger partial charge in [-0.05, 0) is 43.0 Å². The molecule has 1 fully saturated rings. The third-order valence-electron chi connectivity index (χ3n) is 3.56. The average molecular weight is 254 g/mol. The van der Waals surface area contributed by atoms with Crippen LogP contribution in [0.25, 0.3) is 0 Å². The van der Waals surface area contributed by atoms with E-state index in [1.54, 1.807) is 0 Å². The maximum absolute atomic E-state index is 10.8. The molecule has 1 aliphatic rings. The maximum atomic E-state index is 10.8. The lowest BCUT2D eigenvalue weighted by Gasteiger charge is -2.25. The molecule has 2 aromatic carbocycles. The molecule has 1 N–H and O–H groups in total. The Balaban J connectivity index is 1.91. The topological polar surface area (TPSA) is 29.5 Å². The molecule has 1 saturated carbocycles. The molecule has 0 spiro atoms. The van der Waals surface area contributed by atoms with Crippen molar-refractivity contribution in [1.29, 1.82) is 0 Å². The van der Waals surface area contributed by atoms with Crippen molar-refractivity contribution < 1.29 is 9.84 Å². The third-order valence-corrected chi connectivity index (χ3v) is 3.56. The molecular weight excluding hydrogens is 236 g/mol. The van der Waals surface area contributed by atoms with Crippen molar-refractivity contribution in [2.45, 2.75) is 31.5 Å². The Morgan fingerprint density at radius 1 is 1.00 bits per heavy atom. The summed E-state index contributed by atoms with van der Waals surface area (Å²) in [5.74, 6) is 0.844. The van der Waals surface area contributed by atoms with Crippen LogP contribution >= 0.6 is 0 Å². The van der Waals surface area contributed by atoms with Gasteiger partial charge in [-0.1, -0.05) is 42.5 Å². The van der Waals surface area contributed by atoms with Gasteiger partial charge in [-0.25, -0.2) is 0 Å². The zero-order chi connectivity index (χ0) is 13.3. The van der Waals surface area contributed by atoms with Crippen molar-refractivity contribution in [1.82, 2.24) is 0 Å². The quantitative estimate of drug-likeness (QED) is 0.905. The normalized spacial score (nSPS) is 17.8. The molecule has 98 valence electrons. The van der Waals surface area contributed by atoms with Crippen LogP contribution < -0.4 is 4.74 Å². The highest BCUT2D eigenvalue weighted by molar-refractivity contribution is 5.39. The van der Waals surface area contributed by atoms with Crippen molar-refractivity contribution in [3.05, 3.63) is 65.7 Å². The first-order valence-corrected chi connectivity index (χ1v) is 6.71. The monoisotopic (exact) mass is 254 g/mol. The second-order valence-electron chi connectivity index (χ2n) is 5.28. The van der Waals surface area contributed by atoms with Gasteiger partial charge >= 0.3 is 0 Å². The van der Waals surface area contributed by atoms with Crippen LogP contribution in [-0.2, 0) is 5.60 Å². The van der Waals surface area contributed by atoms with Gasteiger partial charge in [0, 0.05) is 0 Å². The van der Waals surface area contributed by atoms with E-state index < -0.39 is 5.60 Å². The Morgan fingerprint density at radius 3 is 2.37 bits per heavy atom. The minimum atomic E-state index is -0.996. The molecule has 1 atom stereocenters. The lowest BCUT2D eigenvalue weighted by Crippen LogP contribution is -2.22. The highest BCUT2D eigenvalue weighted by Crippen LogP contribution is 2.33. The van der Waals surface area contributed by atoms with E-state index in [4.69, 9.17) is 4.74 Å². The van der Waals surface area contributed by atoms with Gasteiger partial charge in [0.2, 0.25) is 0 Å². The highest BCUT2D eigenvalue weighted by Gasteiger charge is 2.27. The van der Waals surface area contributed by atoms with Gasteiger partial charge in [0.15, 0.2) is 0 Å². The molecule has 1 aliphatic carbocycles. The van der Waals surface area contributed by atoms with Crippen LogP contribution in [0.1, 0.15) is 30.9 Å². The summed E-state index contributed by atoms with van der Waals surface area (Å²) in [6.45, 7) is 1.82. The molecule has 2 aromatic rings. The molecule has 0 amide bonds. The number of hydrogen-bond acceptors (Lipinski definition) is 2. The van der Waals surface area contributed by atoms with Crippen LogP contribution in [0.4, 0.5) is 0 Å². The summed E-state index contributed by atoms with van der Waals surface area (Å²) < 4.78 is 5.79. The smallest absolute Gasteiger partial charge is 0.120 e. The highest BCUT2D eigenvalue weighted by atomic mass is 16.5. The Morgan fingerprint density at radius 2 is 1.68 bits per heavy atom. The van der Waals surface area contributed by atoms with E-state index in [0.29, 0.717) is 6.10 Å². The lowest BCUT2D eigenvalue weighted by atomic mass is 9.88. The van der Waals surface area contributed by atoms with Crippen LogP contribution in [-0.4, -0.2) is 11.2 Å². The molecule has 0 saturated heterocycles. The van der Waals surface area contributed by atoms with E-state index in [1.165, 1.54) is 0 Å². The first-order valence-electron chi connectivity index (χ1n) is 6.71. The van der Waals surface area contributed by atoms with Crippen LogP contribution in [0.15, 0.2) is 54.6 Å². The van der Waals surface area contributed by atoms with Crippen molar-refractivity contribution in [2.75, 3.05) is 0 Å². The number of hydrogen-bond donors (Lipinski definition) is 1. The summed E-state index contributed by atoms with van der Waals surface area (Å²) in [7, 11) is 0.